The van der Waals surface area contributed by atoms with E-state index in [1.165, 1.54) is 4.90 Å². The predicted molar refractivity (Wildman–Crippen MR) is 137 cm³/mol. The van der Waals surface area contributed by atoms with Gasteiger partial charge < -0.3 is 29.7 Å². The van der Waals surface area contributed by atoms with Crippen molar-refractivity contribution in [3.63, 3.8) is 0 Å². The number of rotatable bonds is 6. The van der Waals surface area contributed by atoms with E-state index in [0.717, 1.165) is 5.56 Å². The van der Waals surface area contributed by atoms with Crippen LogP contribution in [0.25, 0.3) is 11.4 Å². The number of carbonyl (C=O) groups is 3. The third-order valence-electron chi connectivity index (χ3n) is 6.60. The van der Waals surface area contributed by atoms with Crippen molar-refractivity contribution >= 4 is 29.1 Å². The topological polar surface area (TPSA) is 167 Å². The molecule has 2 atom stereocenters. The van der Waals surface area contributed by atoms with Gasteiger partial charge in [0.1, 0.15) is 0 Å². The molecule has 0 saturated carbocycles. The summed E-state index contributed by atoms with van der Waals surface area (Å²) in [6, 6.07) is 11.4. The molecule has 3 N–H and O–H groups in total. The summed E-state index contributed by atoms with van der Waals surface area (Å²) in [4.78, 5) is 55.9. The summed E-state index contributed by atoms with van der Waals surface area (Å²) in [5.41, 5.74) is 2.61. The van der Waals surface area contributed by atoms with Gasteiger partial charge >= 0.3 is 5.76 Å². The van der Waals surface area contributed by atoms with Crippen LogP contribution < -0.4 is 16.0 Å². The minimum Gasteiger partial charge on any atom is -0.380 e. The summed E-state index contributed by atoms with van der Waals surface area (Å²) >= 11 is 0. The molecule has 1 aromatic heterocycles. The molecular weight excluding hydrogens is 510 g/mol. The maximum Gasteiger partial charge on any atom is 0.439 e. The molecule has 2 aromatic carbocycles. The van der Waals surface area contributed by atoms with Gasteiger partial charge in [-0.15, -0.1) is 0 Å². The van der Waals surface area contributed by atoms with Gasteiger partial charge in [-0.3, -0.25) is 23.9 Å². The quantitative estimate of drug-likeness (QED) is 0.407. The lowest BCUT2D eigenvalue weighted by Crippen LogP contribution is -2.55. The van der Waals surface area contributed by atoms with Crippen LogP contribution in [0.4, 0.5) is 11.4 Å². The highest BCUT2D eigenvalue weighted by molar-refractivity contribution is 6.05. The zero-order valence-corrected chi connectivity index (χ0v) is 21.1. The van der Waals surface area contributed by atoms with Gasteiger partial charge in [0.05, 0.1) is 19.8 Å². The van der Waals surface area contributed by atoms with Crippen LogP contribution in [0.5, 0.6) is 0 Å². The SMILES string of the molecule is Cc1ccc(N2CCOC(C(O)C(=O)Nc3ccc(-c4noc(=O)[nH]4)cc3)C2=O)cc1C(=O)N1CCOCC1. The summed E-state index contributed by atoms with van der Waals surface area (Å²) in [7, 11) is 0. The number of aliphatic hydroxyl groups excluding tert-OH is 1. The number of aliphatic hydroxyl groups is 1. The van der Waals surface area contributed by atoms with E-state index in [2.05, 4.69) is 20.0 Å². The Kier molecular flexibility index (Phi) is 7.54. The number of benzene rings is 2. The standard InChI is InChI=1S/C26H27N5O8/c1-15-2-7-18(14-19(15)24(34)30-8-11-37-12-9-30)31-10-13-38-21(25(31)35)20(32)23(33)27-17-5-3-16(4-6-17)22-28-26(36)39-29-22/h2-7,14,20-21,32H,8-13H2,1H3,(H,27,33)(H,28,29,36). The van der Waals surface area contributed by atoms with Crippen LogP contribution in [0.1, 0.15) is 15.9 Å². The van der Waals surface area contributed by atoms with Crippen LogP contribution >= 0.6 is 0 Å². The monoisotopic (exact) mass is 537 g/mol. The molecule has 2 aliphatic rings. The average Bonchev–Trinajstić information content (AvgIpc) is 3.40. The van der Waals surface area contributed by atoms with E-state index in [1.54, 1.807) is 47.4 Å². The number of aromatic nitrogens is 2. The van der Waals surface area contributed by atoms with Crippen LogP contribution in [0.15, 0.2) is 51.8 Å². The smallest absolute Gasteiger partial charge is 0.380 e. The normalized spacial score (nSPS) is 18.6. The molecule has 0 radical (unpaired) electrons. The molecule has 13 nitrogen and oxygen atoms in total. The summed E-state index contributed by atoms with van der Waals surface area (Å²) in [5, 5.41) is 16.9. The first kappa shape index (κ1) is 26.3. The van der Waals surface area contributed by atoms with Gasteiger partial charge in [0, 0.05) is 42.1 Å². The van der Waals surface area contributed by atoms with Gasteiger partial charge in [0.25, 0.3) is 17.7 Å². The van der Waals surface area contributed by atoms with Crippen molar-refractivity contribution in [1.82, 2.24) is 15.0 Å². The van der Waals surface area contributed by atoms with Gasteiger partial charge in [-0.25, -0.2) is 4.79 Å². The number of hydrogen-bond donors (Lipinski definition) is 3. The first-order valence-corrected chi connectivity index (χ1v) is 12.4. The number of nitrogens with one attached hydrogen (secondary N) is 2. The lowest BCUT2D eigenvalue weighted by Gasteiger charge is -2.34. The van der Waals surface area contributed by atoms with Crippen molar-refractivity contribution in [2.24, 2.45) is 0 Å². The van der Waals surface area contributed by atoms with Crippen LogP contribution in [0.3, 0.4) is 0 Å². The zero-order chi connectivity index (χ0) is 27.5. The van der Waals surface area contributed by atoms with Crippen molar-refractivity contribution in [3.8, 4) is 11.4 Å². The van der Waals surface area contributed by atoms with E-state index in [9.17, 15) is 24.3 Å². The third-order valence-corrected chi connectivity index (χ3v) is 6.60. The number of aryl methyl sites for hydroxylation is 1. The Hall–Kier alpha value is -4.33. The summed E-state index contributed by atoms with van der Waals surface area (Å²) in [6.07, 6.45) is -3.22. The molecule has 0 bridgehead atoms. The van der Waals surface area contributed by atoms with Crippen LogP contribution in [-0.2, 0) is 19.1 Å². The highest BCUT2D eigenvalue weighted by Crippen LogP contribution is 2.25. The van der Waals surface area contributed by atoms with Crippen LogP contribution in [-0.4, -0.2) is 89.5 Å². The van der Waals surface area contributed by atoms with Crippen molar-refractivity contribution in [3.05, 3.63) is 64.1 Å². The molecule has 13 heteroatoms. The van der Waals surface area contributed by atoms with E-state index in [4.69, 9.17) is 9.47 Å². The van der Waals surface area contributed by atoms with Crippen molar-refractivity contribution in [1.29, 1.82) is 0 Å². The Labute approximate surface area is 222 Å². The Balaban J connectivity index is 1.27. The van der Waals surface area contributed by atoms with Gasteiger partial charge in [-0.1, -0.05) is 11.2 Å². The molecule has 2 saturated heterocycles. The first-order chi connectivity index (χ1) is 18.8. The molecule has 0 spiro atoms. The number of H-pyrrole nitrogens is 1. The molecule has 3 amide bonds. The van der Waals surface area contributed by atoms with Crippen molar-refractivity contribution in [2.45, 2.75) is 19.1 Å². The zero-order valence-electron chi connectivity index (χ0n) is 21.1. The number of aromatic amines is 1. The number of ether oxygens (including phenoxy) is 2. The Bertz CT molecular complexity index is 1430. The van der Waals surface area contributed by atoms with Gasteiger partial charge in [0.2, 0.25) is 0 Å². The second-order valence-corrected chi connectivity index (χ2v) is 9.14. The van der Waals surface area contributed by atoms with Crippen LogP contribution in [0, 0.1) is 6.92 Å². The summed E-state index contributed by atoms with van der Waals surface area (Å²) in [6.45, 7) is 4.04. The molecule has 3 heterocycles. The van der Waals surface area contributed by atoms with Crippen molar-refractivity contribution in [2.75, 3.05) is 49.7 Å². The third kappa shape index (κ3) is 5.60. The lowest BCUT2D eigenvalue weighted by atomic mass is 10.0. The number of hydrogen-bond acceptors (Lipinski definition) is 9. The average molecular weight is 538 g/mol. The van der Waals surface area contributed by atoms with E-state index >= 15 is 0 Å². The van der Waals surface area contributed by atoms with Crippen molar-refractivity contribution < 1.29 is 33.5 Å². The second-order valence-electron chi connectivity index (χ2n) is 9.14. The highest BCUT2D eigenvalue weighted by atomic mass is 16.5. The molecule has 204 valence electrons. The summed E-state index contributed by atoms with van der Waals surface area (Å²) < 4.78 is 15.3. The molecule has 2 aliphatic heterocycles. The van der Waals surface area contributed by atoms with E-state index in [0.29, 0.717) is 48.8 Å². The maximum absolute atomic E-state index is 13.3. The van der Waals surface area contributed by atoms with Crippen LogP contribution in [0.2, 0.25) is 0 Å². The lowest BCUT2D eigenvalue weighted by molar-refractivity contribution is -0.150. The predicted octanol–water partition coefficient (Wildman–Crippen LogP) is 0.542. The highest BCUT2D eigenvalue weighted by Gasteiger charge is 2.39. The largest absolute Gasteiger partial charge is 0.439 e. The fourth-order valence-corrected chi connectivity index (χ4v) is 4.45. The number of anilines is 2. The minimum atomic E-state index is -1.79. The molecule has 5 rings (SSSR count). The molecule has 39 heavy (non-hydrogen) atoms. The minimum absolute atomic E-state index is 0.0893. The van der Waals surface area contributed by atoms with Gasteiger partial charge in [0.15, 0.2) is 18.0 Å². The number of amides is 3. The Morgan fingerprint density at radius 3 is 2.51 bits per heavy atom. The molecule has 2 fully saturated rings. The molecule has 0 aliphatic carbocycles. The second kappa shape index (κ2) is 11.2. The van der Waals surface area contributed by atoms with Gasteiger partial charge in [-0.2, -0.15) is 0 Å². The number of nitrogens with zero attached hydrogens (tertiary/aromatic N) is 3. The number of carbonyl (C=O) groups excluding carboxylic acids is 3. The maximum atomic E-state index is 13.3. The Morgan fingerprint density at radius 1 is 1.08 bits per heavy atom. The van der Waals surface area contributed by atoms with E-state index in [-0.39, 0.29) is 24.9 Å². The molecule has 2 unspecified atom stereocenters. The number of morpholine rings is 2. The van der Waals surface area contributed by atoms with E-state index in [1.807, 2.05) is 6.92 Å². The van der Waals surface area contributed by atoms with Gasteiger partial charge in [-0.05, 0) is 48.9 Å². The Morgan fingerprint density at radius 2 is 1.82 bits per heavy atom. The molecular formula is C26H27N5O8. The fourth-order valence-electron chi connectivity index (χ4n) is 4.45. The first-order valence-electron chi connectivity index (χ1n) is 12.4. The summed E-state index contributed by atoms with van der Waals surface area (Å²) in [5.74, 6) is -2.03. The van der Waals surface area contributed by atoms with E-state index < -0.39 is 29.8 Å². The fraction of sp³-hybridized carbons (Fsp3) is 0.346. The molecule has 3 aromatic rings.